The molecule has 0 radical (unpaired) electrons. The van der Waals surface area contributed by atoms with Crippen LogP contribution in [0.3, 0.4) is 0 Å². The number of nitrogens with one attached hydrogen (secondary N) is 1. The van der Waals surface area contributed by atoms with Crippen molar-refractivity contribution in [3.63, 3.8) is 0 Å². The van der Waals surface area contributed by atoms with Crippen molar-refractivity contribution in [2.24, 2.45) is 0 Å². The fourth-order valence-electron chi connectivity index (χ4n) is 6.48. The smallest absolute Gasteiger partial charge is 0.336 e. The van der Waals surface area contributed by atoms with Gasteiger partial charge in [0, 0.05) is 40.2 Å². The molecule has 5 aromatic rings. The van der Waals surface area contributed by atoms with Gasteiger partial charge in [-0.25, -0.2) is 4.79 Å². The molecule has 2 heterocycles. The van der Waals surface area contributed by atoms with Gasteiger partial charge in [-0.3, -0.25) is 14.9 Å². The van der Waals surface area contributed by atoms with Crippen molar-refractivity contribution in [3.05, 3.63) is 159 Å². The van der Waals surface area contributed by atoms with Crippen molar-refractivity contribution in [1.82, 2.24) is 9.88 Å². The molecule has 1 aliphatic carbocycles. The molecule has 0 unspecified atom stereocenters. The Balaban J connectivity index is 1.59. The summed E-state index contributed by atoms with van der Waals surface area (Å²) in [5.74, 6) is -1.47. The van der Waals surface area contributed by atoms with Crippen molar-refractivity contribution in [2.75, 3.05) is 7.11 Å². The molecule has 0 spiro atoms. The third-order valence-electron chi connectivity index (χ3n) is 8.43. The summed E-state index contributed by atoms with van der Waals surface area (Å²) in [6.07, 6.45) is 0. The second-order valence-corrected chi connectivity index (χ2v) is 10.9. The summed E-state index contributed by atoms with van der Waals surface area (Å²) in [5.41, 5.74) is 8.11. The first-order valence-corrected chi connectivity index (χ1v) is 14.4. The first-order valence-electron chi connectivity index (χ1n) is 14.4. The zero-order valence-corrected chi connectivity index (χ0v) is 24.5. The van der Waals surface area contributed by atoms with Crippen molar-refractivity contribution >= 4 is 23.1 Å². The van der Waals surface area contributed by atoms with Gasteiger partial charge in [0.05, 0.1) is 40.6 Å². The monoisotopic (exact) mass is 593 g/mol. The molecule has 0 saturated heterocycles. The lowest BCUT2D eigenvalue weighted by molar-refractivity contribution is -0.384. The SMILES string of the molecule is COC(=O)C1=C(C)NC2=C(C(=O)c3ccccc32)[C@@H]1c1cc(-c2ccccc2)n(-c2ccc([N+](=O)[O-])cc2)c1-c1ccccc1. The number of non-ortho nitro benzene ring substituents is 1. The summed E-state index contributed by atoms with van der Waals surface area (Å²) in [4.78, 5) is 38.9. The standard InChI is InChI=1S/C37H27N3O5/c1-22-31(37(42)45-2)32(33-34(38-22)27-15-9-10-16-28(27)36(33)41)29-21-30(23-11-5-3-6-12-23)39(35(29)24-13-7-4-8-14-24)25-17-19-26(20-18-25)40(43)44/h3-21,32,38H,1-2H3/t32-/m1/s1. The maximum Gasteiger partial charge on any atom is 0.336 e. The van der Waals surface area contributed by atoms with Crippen LogP contribution in [0.1, 0.15) is 34.3 Å². The number of nitro groups is 1. The number of rotatable bonds is 6. The Labute approximate surface area is 259 Å². The summed E-state index contributed by atoms with van der Waals surface area (Å²) in [6, 6.07) is 35.4. The zero-order valence-electron chi connectivity index (χ0n) is 24.5. The molecule has 4 aromatic carbocycles. The molecule has 1 aromatic heterocycles. The summed E-state index contributed by atoms with van der Waals surface area (Å²) in [6.45, 7) is 1.82. The number of nitrogens with zero attached hydrogens (tertiary/aromatic N) is 2. The maximum absolute atomic E-state index is 14.2. The molecule has 0 saturated carbocycles. The van der Waals surface area contributed by atoms with Crippen LogP contribution in [0.15, 0.2) is 132 Å². The van der Waals surface area contributed by atoms with E-state index in [1.165, 1.54) is 19.2 Å². The summed E-state index contributed by atoms with van der Waals surface area (Å²) in [7, 11) is 1.34. The number of hydrogen-bond acceptors (Lipinski definition) is 6. The molecule has 7 rings (SSSR count). The third-order valence-corrected chi connectivity index (χ3v) is 8.43. The Kier molecular flexibility index (Phi) is 6.74. The second-order valence-electron chi connectivity index (χ2n) is 10.9. The average molecular weight is 594 g/mol. The Morgan fingerprint density at radius 2 is 1.44 bits per heavy atom. The summed E-state index contributed by atoms with van der Waals surface area (Å²) < 4.78 is 7.36. The molecule has 0 bridgehead atoms. The lowest BCUT2D eigenvalue weighted by Crippen LogP contribution is -2.29. The molecule has 1 atom stereocenters. The van der Waals surface area contributed by atoms with Crippen LogP contribution in [-0.4, -0.2) is 28.4 Å². The topological polar surface area (TPSA) is 103 Å². The van der Waals surface area contributed by atoms with Crippen LogP contribution in [0.5, 0.6) is 0 Å². The first-order chi connectivity index (χ1) is 21.9. The number of benzene rings is 4. The van der Waals surface area contributed by atoms with Crippen LogP contribution in [0.25, 0.3) is 33.9 Å². The number of hydrogen-bond donors (Lipinski definition) is 1. The molecule has 2 aliphatic rings. The lowest BCUT2D eigenvalue weighted by Gasteiger charge is -2.29. The van der Waals surface area contributed by atoms with Gasteiger partial charge in [0.15, 0.2) is 5.78 Å². The van der Waals surface area contributed by atoms with Gasteiger partial charge in [-0.05, 0) is 41.8 Å². The van der Waals surface area contributed by atoms with Crippen LogP contribution in [0.4, 0.5) is 5.69 Å². The van der Waals surface area contributed by atoms with E-state index in [0.29, 0.717) is 33.8 Å². The number of carbonyl (C=O) groups excluding carboxylic acids is 2. The van der Waals surface area contributed by atoms with Crippen LogP contribution >= 0.6 is 0 Å². The molecule has 1 N–H and O–H groups in total. The van der Waals surface area contributed by atoms with E-state index in [9.17, 15) is 19.7 Å². The van der Waals surface area contributed by atoms with E-state index in [1.807, 2.05) is 96.4 Å². The van der Waals surface area contributed by atoms with Crippen molar-refractivity contribution in [1.29, 1.82) is 0 Å². The first kappa shape index (κ1) is 27.8. The Bertz CT molecular complexity index is 2070. The average Bonchev–Trinajstić information content (AvgIpc) is 3.61. The molecular weight excluding hydrogens is 566 g/mol. The fraction of sp³-hybridized carbons (Fsp3) is 0.0811. The Hall–Kier alpha value is -6.02. The van der Waals surface area contributed by atoms with Gasteiger partial charge in [-0.1, -0.05) is 84.9 Å². The maximum atomic E-state index is 14.2. The molecular formula is C37H27N3O5. The van der Waals surface area contributed by atoms with Gasteiger partial charge < -0.3 is 14.6 Å². The van der Waals surface area contributed by atoms with Gasteiger partial charge >= 0.3 is 5.97 Å². The number of aromatic nitrogens is 1. The van der Waals surface area contributed by atoms with Crippen LogP contribution < -0.4 is 5.32 Å². The van der Waals surface area contributed by atoms with E-state index in [-0.39, 0.29) is 11.5 Å². The molecule has 45 heavy (non-hydrogen) atoms. The number of ether oxygens (including phenoxy) is 1. The van der Waals surface area contributed by atoms with Crippen molar-refractivity contribution in [2.45, 2.75) is 12.8 Å². The minimum absolute atomic E-state index is 0.0253. The number of Topliss-reactive ketones (excluding diaryl/α,β-unsaturated/α-hetero) is 1. The number of dihydropyridines is 1. The van der Waals surface area contributed by atoms with Crippen LogP contribution in [0.2, 0.25) is 0 Å². The molecule has 1 aliphatic heterocycles. The number of ketones is 1. The van der Waals surface area contributed by atoms with E-state index >= 15 is 0 Å². The quantitative estimate of drug-likeness (QED) is 0.125. The van der Waals surface area contributed by atoms with Gasteiger partial charge in [0.2, 0.25) is 0 Å². The highest BCUT2D eigenvalue weighted by Gasteiger charge is 2.44. The number of esters is 1. The van der Waals surface area contributed by atoms with Gasteiger partial charge in [-0.2, -0.15) is 0 Å². The van der Waals surface area contributed by atoms with Crippen molar-refractivity contribution < 1.29 is 19.2 Å². The van der Waals surface area contributed by atoms with E-state index in [0.717, 1.165) is 33.6 Å². The summed E-state index contributed by atoms with van der Waals surface area (Å²) in [5, 5.41) is 14.9. The third kappa shape index (κ3) is 4.46. The number of methoxy groups -OCH3 is 1. The highest BCUT2D eigenvalue weighted by molar-refractivity contribution is 6.23. The number of fused-ring (bicyclic) bond motifs is 2. The molecule has 8 heteroatoms. The molecule has 220 valence electrons. The predicted octanol–water partition coefficient (Wildman–Crippen LogP) is 7.46. The largest absolute Gasteiger partial charge is 0.466 e. The van der Waals surface area contributed by atoms with Gasteiger partial charge in [0.1, 0.15) is 0 Å². The van der Waals surface area contributed by atoms with Gasteiger partial charge in [0.25, 0.3) is 5.69 Å². The minimum Gasteiger partial charge on any atom is -0.466 e. The zero-order chi connectivity index (χ0) is 31.2. The minimum atomic E-state index is -0.773. The van der Waals surface area contributed by atoms with E-state index in [2.05, 4.69) is 5.32 Å². The molecule has 0 fully saturated rings. The van der Waals surface area contributed by atoms with E-state index < -0.39 is 16.8 Å². The predicted molar refractivity (Wildman–Crippen MR) is 172 cm³/mol. The van der Waals surface area contributed by atoms with Gasteiger partial charge in [-0.15, -0.1) is 0 Å². The molecule has 8 nitrogen and oxygen atoms in total. The van der Waals surface area contributed by atoms with Crippen LogP contribution in [-0.2, 0) is 9.53 Å². The highest BCUT2D eigenvalue weighted by Crippen LogP contribution is 2.51. The number of nitro benzene ring substituents is 1. The van der Waals surface area contributed by atoms with E-state index in [4.69, 9.17) is 4.74 Å². The normalized spacial score (nSPS) is 15.4. The van der Waals surface area contributed by atoms with Crippen molar-refractivity contribution in [3.8, 4) is 28.2 Å². The highest BCUT2D eigenvalue weighted by atomic mass is 16.6. The number of carbonyl (C=O) groups is 2. The van der Waals surface area contributed by atoms with Crippen LogP contribution in [0, 0.1) is 10.1 Å². The Morgan fingerprint density at radius 3 is 2.07 bits per heavy atom. The Morgan fingerprint density at radius 1 is 0.844 bits per heavy atom. The summed E-state index contributed by atoms with van der Waals surface area (Å²) >= 11 is 0. The lowest BCUT2D eigenvalue weighted by atomic mass is 9.79. The number of allylic oxidation sites excluding steroid dienone is 2. The second kappa shape index (κ2) is 10.9. The molecule has 0 amide bonds. The van der Waals surface area contributed by atoms with E-state index in [1.54, 1.807) is 18.2 Å². The fourth-order valence-corrected chi connectivity index (χ4v) is 6.48.